The van der Waals surface area contributed by atoms with E-state index in [9.17, 15) is 9.59 Å². The number of piperidine rings is 2. The third kappa shape index (κ3) is 2.25. The van der Waals surface area contributed by atoms with Gasteiger partial charge in [-0.05, 0) is 31.7 Å². The molecule has 19 heavy (non-hydrogen) atoms. The van der Waals surface area contributed by atoms with Crippen molar-refractivity contribution in [2.24, 2.45) is 5.92 Å². The lowest BCUT2D eigenvalue weighted by Crippen LogP contribution is -2.55. The highest BCUT2D eigenvalue weighted by Gasteiger charge is 2.36. The quantitative estimate of drug-likeness (QED) is 0.830. The number of furan rings is 1. The highest BCUT2D eigenvalue weighted by molar-refractivity contribution is 5.93. The van der Waals surface area contributed by atoms with E-state index in [1.54, 1.807) is 12.3 Å². The van der Waals surface area contributed by atoms with E-state index >= 15 is 0 Å². The van der Waals surface area contributed by atoms with Gasteiger partial charge in [-0.15, -0.1) is 0 Å². The first-order valence-corrected chi connectivity index (χ1v) is 6.78. The largest absolute Gasteiger partial charge is 0.459 e. The Hall–Kier alpha value is -1.78. The zero-order chi connectivity index (χ0) is 13.4. The fourth-order valence-corrected chi connectivity index (χ4v) is 3.03. The van der Waals surface area contributed by atoms with E-state index in [1.807, 2.05) is 11.8 Å². The van der Waals surface area contributed by atoms with Crippen molar-refractivity contribution in [3.8, 4) is 0 Å². The van der Waals surface area contributed by atoms with Crippen molar-refractivity contribution in [3.05, 3.63) is 23.7 Å². The molecule has 2 atom stereocenters. The van der Waals surface area contributed by atoms with E-state index < -0.39 is 0 Å². The van der Waals surface area contributed by atoms with Crippen molar-refractivity contribution < 1.29 is 14.0 Å². The monoisotopic (exact) mass is 262 g/mol. The van der Waals surface area contributed by atoms with Gasteiger partial charge >= 0.3 is 0 Å². The predicted molar refractivity (Wildman–Crippen MR) is 68.6 cm³/mol. The molecule has 3 heterocycles. The van der Waals surface area contributed by atoms with E-state index in [2.05, 4.69) is 5.32 Å². The van der Waals surface area contributed by atoms with Gasteiger partial charge in [0.25, 0.3) is 5.91 Å². The van der Waals surface area contributed by atoms with Gasteiger partial charge in [0.15, 0.2) is 5.76 Å². The van der Waals surface area contributed by atoms with Crippen LogP contribution in [0.15, 0.2) is 16.7 Å². The Morgan fingerprint density at radius 3 is 3.05 bits per heavy atom. The van der Waals surface area contributed by atoms with Crippen LogP contribution in [0.4, 0.5) is 0 Å². The van der Waals surface area contributed by atoms with E-state index in [1.165, 1.54) is 0 Å². The Labute approximate surface area is 111 Å². The van der Waals surface area contributed by atoms with Gasteiger partial charge < -0.3 is 14.6 Å². The number of nitrogens with one attached hydrogen (secondary N) is 1. The van der Waals surface area contributed by atoms with Crippen LogP contribution in [0.25, 0.3) is 0 Å². The normalized spacial score (nSPS) is 26.8. The second-order valence-corrected chi connectivity index (χ2v) is 5.45. The van der Waals surface area contributed by atoms with Crippen LogP contribution in [0.2, 0.25) is 0 Å². The maximum Gasteiger partial charge on any atom is 0.289 e. The molecule has 102 valence electrons. The van der Waals surface area contributed by atoms with E-state index in [4.69, 9.17) is 4.42 Å². The van der Waals surface area contributed by atoms with Crippen LogP contribution in [-0.2, 0) is 4.79 Å². The number of hydrogen-bond donors (Lipinski definition) is 1. The highest BCUT2D eigenvalue weighted by atomic mass is 16.3. The number of carbonyl (C=O) groups excluding carboxylic acids is 2. The number of aryl methyl sites for hydroxylation is 1. The summed E-state index contributed by atoms with van der Waals surface area (Å²) in [6.45, 7) is 3.27. The van der Waals surface area contributed by atoms with E-state index in [0.717, 1.165) is 18.4 Å². The van der Waals surface area contributed by atoms with Crippen molar-refractivity contribution in [1.29, 1.82) is 0 Å². The van der Waals surface area contributed by atoms with Crippen molar-refractivity contribution in [2.45, 2.75) is 32.2 Å². The Morgan fingerprint density at radius 1 is 1.47 bits per heavy atom. The molecule has 2 aliphatic rings. The molecular weight excluding hydrogens is 244 g/mol. The van der Waals surface area contributed by atoms with Crippen LogP contribution in [-0.4, -0.2) is 35.8 Å². The van der Waals surface area contributed by atoms with Gasteiger partial charge in [0.1, 0.15) is 0 Å². The Kier molecular flexibility index (Phi) is 3.05. The molecular formula is C14H18N2O3. The van der Waals surface area contributed by atoms with Crippen molar-refractivity contribution in [2.75, 3.05) is 13.1 Å². The summed E-state index contributed by atoms with van der Waals surface area (Å²) in [6.07, 6.45) is 3.83. The molecule has 1 N–H and O–H groups in total. The minimum absolute atomic E-state index is 0.0298. The molecule has 0 radical (unpaired) electrons. The topological polar surface area (TPSA) is 62.6 Å². The van der Waals surface area contributed by atoms with Crippen LogP contribution >= 0.6 is 0 Å². The van der Waals surface area contributed by atoms with Gasteiger partial charge in [-0.2, -0.15) is 0 Å². The number of hydrogen-bond acceptors (Lipinski definition) is 3. The number of likely N-dealkylation sites (tertiary alicyclic amines) is 1. The smallest absolute Gasteiger partial charge is 0.289 e. The SMILES string of the molecule is Cc1ccoc1C(=O)N1CCC2NC(=O)CCC2C1. The third-order valence-electron chi connectivity index (χ3n) is 4.17. The molecule has 2 amide bonds. The summed E-state index contributed by atoms with van der Waals surface area (Å²) in [6, 6.07) is 2.05. The van der Waals surface area contributed by atoms with Crippen LogP contribution in [0, 0.1) is 12.8 Å². The summed E-state index contributed by atoms with van der Waals surface area (Å²) in [7, 11) is 0. The lowest BCUT2D eigenvalue weighted by Gasteiger charge is -2.41. The van der Waals surface area contributed by atoms with Crippen LogP contribution in [0.5, 0.6) is 0 Å². The second-order valence-electron chi connectivity index (χ2n) is 5.45. The van der Waals surface area contributed by atoms with Gasteiger partial charge in [-0.3, -0.25) is 9.59 Å². The van der Waals surface area contributed by atoms with Crippen molar-refractivity contribution in [1.82, 2.24) is 10.2 Å². The highest BCUT2D eigenvalue weighted by Crippen LogP contribution is 2.26. The Bertz CT molecular complexity index is 509. The molecule has 2 aliphatic heterocycles. The average Bonchev–Trinajstić information content (AvgIpc) is 2.83. The minimum atomic E-state index is -0.0298. The van der Waals surface area contributed by atoms with Gasteiger partial charge in [0, 0.05) is 31.1 Å². The lowest BCUT2D eigenvalue weighted by molar-refractivity contribution is -0.125. The molecule has 5 heteroatoms. The minimum Gasteiger partial charge on any atom is -0.459 e. The molecule has 1 aromatic rings. The summed E-state index contributed by atoms with van der Waals surface area (Å²) in [5.74, 6) is 0.935. The molecule has 5 nitrogen and oxygen atoms in total. The molecule has 0 aliphatic carbocycles. The third-order valence-corrected chi connectivity index (χ3v) is 4.17. The van der Waals surface area contributed by atoms with E-state index in [0.29, 0.717) is 31.2 Å². The van der Waals surface area contributed by atoms with E-state index in [-0.39, 0.29) is 17.9 Å². The Morgan fingerprint density at radius 2 is 2.32 bits per heavy atom. The molecule has 1 aromatic heterocycles. The number of carbonyl (C=O) groups is 2. The standard InChI is InChI=1S/C14H18N2O3/c1-9-5-7-19-13(9)14(18)16-6-4-11-10(8-16)2-3-12(17)15-11/h5,7,10-11H,2-4,6,8H2,1H3,(H,15,17). The summed E-state index contributed by atoms with van der Waals surface area (Å²) in [5.41, 5.74) is 0.879. The molecule has 2 fully saturated rings. The summed E-state index contributed by atoms with van der Waals surface area (Å²) >= 11 is 0. The first-order valence-electron chi connectivity index (χ1n) is 6.78. The average molecular weight is 262 g/mol. The number of nitrogens with zero attached hydrogens (tertiary/aromatic N) is 1. The van der Waals surface area contributed by atoms with Crippen molar-refractivity contribution in [3.63, 3.8) is 0 Å². The maximum absolute atomic E-state index is 12.4. The van der Waals surface area contributed by atoms with Gasteiger partial charge in [0.05, 0.1) is 6.26 Å². The fourth-order valence-electron chi connectivity index (χ4n) is 3.03. The predicted octanol–water partition coefficient (Wildman–Crippen LogP) is 1.33. The van der Waals surface area contributed by atoms with Gasteiger partial charge in [0.2, 0.25) is 5.91 Å². The summed E-state index contributed by atoms with van der Waals surface area (Å²) in [4.78, 5) is 25.6. The number of fused-ring (bicyclic) bond motifs is 1. The second kappa shape index (κ2) is 4.72. The van der Waals surface area contributed by atoms with Crippen molar-refractivity contribution >= 4 is 11.8 Å². The Balaban J connectivity index is 1.70. The van der Waals surface area contributed by atoms with Gasteiger partial charge in [-0.1, -0.05) is 0 Å². The first kappa shape index (κ1) is 12.3. The number of amides is 2. The molecule has 0 saturated carbocycles. The molecule has 3 rings (SSSR count). The summed E-state index contributed by atoms with van der Waals surface area (Å²) < 4.78 is 5.27. The molecule has 2 saturated heterocycles. The van der Waals surface area contributed by atoms with Crippen LogP contribution < -0.4 is 5.32 Å². The number of rotatable bonds is 1. The zero-order valence-corrected chi connectivity index (χ0v) is 11.0. The zero-order valence-electron chi connectivity index (χ0n) is 11.0. The maximum atomic E-state index is 12.4. The molecule has 0 bridgehead atoms. The fraction of sp³-hybridized carbons (Fsp3) is 0.571. The van der Waals surface area contributed by atoms with Crippen LogP contribution in [0.3, 0.4) is 0 Å². The lowest BCUT2D eigenvalue weighted by atomic mass is 9.85. The molecule has 0 aromatic carbocycles. The molecule has 2 unspecified atom stereocenters. The summed E-state index contributed by atoms with van der Waals surface area (Å²) in [5, 5.41) is 3.02. The van der Waals surface area contributed by atoms with Crippen LogP contribution in [0.1, 0.15) is 35.4 Å². The first-order chi connectivity index (χ1) is 9.15. The van der Waals surface area contributed by atoms with Gasteiger partial charge in [-0.25, -0.2) is 0 Å². The molecule has 0 spiro atoms.